The first kappa shape index (κ1) is 14.7. The summed E-state index contributed by atoms with van der Waals surface area (Å²) in [5.41, 5.74) is 3.21. The van der Waals surface area contributed by atoms with Crippen LogP contribution >= 0.6 is 0 Å². The van der Waals surface area contributed by atoms with E-state index in [1.165, 1.54) is 10.8 Å². The second-order valence-electron chi connectivity index (χ2n) is 6.21. The zero-order valence-electron chi connectivity index (χ0n) is 13.9. The molecule has 0 unspecified atom stereocenters. The van der Waals surface area contributed by atoms with E-state index in [1.54, 1.807) is 0 Å². The molecule has 0 bridgehead atoms. The zero-order valence-corrected chi connectivity index (χ0v) is 13.9. The number of ether oxygens (including phenoxy) is 1. The molecule has 4 rings (SSSR count). The van der Waals surface area contributed by atoms with Crippen LogP contribution in [0.15, 0.2) is 72.9 Å². The predicted molar refractivity (Wildman–Crippen MR) is 100 cm³/mol. The number of benzene rings is 3. The molecule has 0 aliphatic rings. The molecule has 0 fully saturated rings. The minimum atomic E-state index is 0.111. The topological polar surface area (TPSA) is 22.1 Å². The van der Waals surface area contributed by atoms with E-state index in [2.05, 4.69) is 79.5 Å². The minimum Gasteiger partial charge on any atom is -0.490 e. The van der Waals surface area contributed by atoms with E-state index < -0.39 is 0 Å². The van der Waals surface area contributed by atoms with Crippen LogP contribution in [0.1, 0.15) is 13.8 Å². The van der Waals surface area contributed by atoms with Gasteiger partial charge in [-0.25, -0.2) is 0 Å². The Balaban J connectivity index is 2.10. The van der Waals surface area contributed by atoms with Crippen LogP contribution < -0.4 is 4.74 Å². The lowest BCUT2D eigenvalue weighted by atomic mass is 9.95. The first-order chi connectivity index (χ1) is 11.7. The van der Waals surface area contributed by atoms with E-state index in [9.17, 15) is 0 Å². The van der Waals surface area contributed by atoms with Crippen LogP contribution in [-0.2, 0) is 0 Å². The Bertz CT molecular complexity index is 1020. The Morgan fingerprint density at radius 3 is 2.46 bits per heavy atom. The molecular weight excluding hydrogens is 294 g/mol. The second-order valence-corrected chi connectivity index (χ2v) is 6.21. The monoisotopic (exact) mass is 313 g/mol. The highest BCUT2D eigenvalue weighted by Gasteiger charge is 2.15. The molecule has 118 valence electrons. The summed E-state index contributed by atoms with van der Waals surface area (Å²) in [6, 6.07) is 23.0. The van der Waals surface area contributed by atoms with E-state index in [0.29, 0.717) is 0 Å². The van der Waals surface area contributed by atoms with Gasteiger partial charge >= 0.3 is 0 Å². The van der Waals surface area contributed by atoms with E-state index >= 15 is 0 Å². The van der Waals surface area contributed by atoms with Crippen molar-refractivity contribution in [2.45, 2.75) is 20.0 Å². The van der Waals surface area contributed by atoms with Crippen molar-refractivity contribution in [3.8, 4) is 16.9 Å². The molecule has 0 N–H and O–H groups in total. The lowest BCUT2D eigenvalue weighted by molar-refractivity contribution is 0.244. The molecule has 0 amide bonds. The fourth-order valence-corrected chi connectivity index (χ4v) is 3.18. The highest BCUT2D eigenvalue weighted by atomic mass is 16.5. The molecule has 0 aliphatic carbocycles. The molecule has 2 heteroatoms. The number of aromatic nitrogens is 1. The van der Waals surface area contributed by atoms with Crippen LogP contribution in [0.25, 0.3) is 32.8 Å². The van der Waals surface area contributed by atoms with Crippen LogP contribution in [0.3, 0.4) is 0 Å². The fraction of sp³-hybridized carbons (Fsp3) is 0.136. The third kappa shape index (κ3) is 2.50. The van der Waals surface area contributed by atoms with Gasteiger partial charge in [-0.15, -0.1) is 0 Å². The Morgan fingerprint density at radius 2 is 1.58 bits per heavy atom. The third-order valence-corrected chi connectivity index (χ3v) is 4.16. The lowest BCUT2D eigenvalue weighted by Crippen LogP contribution is -2.07. The van der Waals surface area contributed by atoms with Gasteiger partial charge in [-0.1, -0.05) is 48.5 Å². The maximum Gasteiger partial charge on any atom is 0.129 e. The second kappa shape index (κ2) is 5.97. The fourth-order valence-electron chi connectivity index (χ4n) is 3.18. The normalized spacial score (nSPS) is 11.3. The summed E-state index contributed by atoms with van der Waals surface area (Å²) in [7, 11) is 0. The Kier molecular flexibility index (Phi) is 3.66. The SMILES string of the molecule is CC(C)Oc1ccc2cccnc2c1-c1cccc2ccccc12. The van der Waals surface area contributed by atoms with Crippen molar-refractivity contribution in [1.29, 1.82) is 0 Å². The van der Waals surface area contributed by atoms with Crippen molar-refractivity contribution in [2.75, 3.05) is 0 Å². The highest BCUT2D eigenvalue weighted by Crippen LogP contribution is 2.39. The molecule has 1 heterocycles. The van der Waals surface area contributed by atoms with E-state index in [4.69, 9.17) is 4.74 Å². The van der Waals surface area contributed by atoms with Gasteiger partial charge in [0, 0.05) is 11.6 Å². The van der Waals surface area contributed by atoms with Gasteiger partial charge in [0.1, 0.15) is 5.75 Å². The number of hydrogen-bond donors (Lipinski definition) is 0. The van der Waals surface area contributed by atoms with Crippen LogP contribution in [0.2, 0.25) is 0 Å². The summed E-state index contributed by atoms with van der Waals surface area (Å²) in [5.74, 6) is 0.882. The van der Waals surface area contributed by atoms with E-state index in [0.717, 1.165) is 27.8 Å². The van der Waals surface area contributed by atoms with Crippen molar-refractivity contribution in [3.05, 3.63) is 72.9 Å². The largest absolute Gasteiger partial charge is 0.490 e. The summed E-state index contributed by atoms with van der Waals surface area (Å²) < 4.78 is 6.12. The van der Waals surface area contributed by atoms with Gasteiger partial charge in [0.05, 0.1) is 17.2 Å². The van der Waals surface area contributed by atoms with Crippen LogP contribution in [0, 0.1) is 0 Å². The molecule has 0 saturated carbocycles. The molecule has 0 saturated heterocycles. The van der Waals surface area contributed by atoms with Crippen molar-refractivity contribution in [3.63, 3.8) is 0 Å². The summed E-state index contributed by atoms with van der Waals surface area (Å²) in [5, 5.41) is 3.56. The van der Waals surface area contributed by atoms with Crippen LogP contribution in [0.4, 0.5) is 0 Å². The Morgan fingerprint density at radius 1 is 0.792 bits per heavy atom. The lowest BCUT2D eigenvalue weighted by Gasteiger charge is -2.17. The number of pyridine rings is 1. The molecule has 3 aromatic carbocycles. The standard InChI is InChI=1S/C22H19NO/c1-15(2)24-20-13-12-17-9-6-14-23-22(17)21(20)19-11-5-8-16-7-3-4-10-18(16)19/h3-15H,1-2H3. The molecule has 2 nitrogen and oxygen atoms in total. The van der Waals surface area contributed by atoms with Crippen molar-refractivity contribution in [1.82, 2.24) is 4.98 Å². The highest BCUT2D eigenvalue weighted by molar-refractivity contribution is 6.06. The van der Waals surface area contributed by atoms with Gasteiger partial charge in [-0.05, 0) is 48.4 Å². The minimum absolute atomic E-state index is 0.111. The number of rotatable bonds is 3. The predicted octanol–water partition coefficient (Wildman–Crippen LogP) is 5.84. The Labute approximate surface area is 141 Å². The van der Waals surface area contributed by atoms with Gasteiger partial charge in [-0.2, -0.15) is 0 Å². The van der Waals surface area contributed by atoms with Crippen molar-refractivity contribution >= 4 is 21.7 Å². The first-order valence-corrected chi connectivity index (χ1v) is 8.26. The van der Waals surface area contributed by atoms with Gasteiger partial charge in [0.2, 0.25) is 0 Å². The van der Waals surface area contributed by atoms with Gasteiger partial charge in [0.15, 0.2) is 0 Å². The third-order valence-electron chi connectivity index (χ3n) is 4.16. The average Bonchev–Trinajstić information content (AvgIpc) is 2.61. The molecular formula is C22H19NO. The van der Waals surface area contributed by atoms with Gasteiger partial charge < -0.3 is 4.74 Å². The van der Waals surface area contributed by atoms with Gasteiger partial charge in [0.25, 0.3) is 0 Å². The van der Waals surface area contributed by atoms with Crippen LogP contribution in [-0.4, -0.2) is 11.1 Å². The number of hydrogen-bond acceptors (Lipinski definition) is 2. The molecule has 0 spiro atoms. The molecule has 0 radical (unpaired) electrons. The van der Waals surface area contributed by atoms with E-state index in [1.807, 2.05) is 12.3 Å². The molecule has 1 aromatic heterocycles. The van der Waals surface area contributed by atoms with Crippen molar-refractivity contribution in [2.24, 2.45) is 0 Å². The molecule has 0 aliphatic heterocycles. The summed E-state index contributed by atoms with van der Waals surface area (Å²) in [6.07, 6.45) is 1.95. The average molecular weight is 313 g/mol. The zero-order chi connectivity index (χ0) is 16.5. The Hall–Kier alpha value is -2.87. The van der Waals surface area contributed by atoms with Crippen molar-refractivity contribution < 1.29 is 4.74 Å². The summed E-state index contributed by atoms with van der Waals surface area (Å²) >= 11 is 0. The first-order valence-electron chi connectivity index (χ1n) is 8.26. The molecule has 24 heavy (non-hydrogen) atoms. The smallest absolute Gasteiger partial charge is 0.129 e. The molecule has 0 atom stereocenters. The quantitative estimate of drug-likeness (QED) is 0.474. The summed E-state index contributed by atoms with van der Waals surface area (Å²) in [4.78, 5) is 4.65. The summed E-state index contributed by atoms with van der Waals surface area (Å²) in [6.45, 7) is 4.10. The number of fused-ring (bicyclic) bond motifs is 2. The van der Waals surface area contributed by atoms with Gasteiger partial charge in [-0.3, -0.25) is 4.98 Å². The molecule has 4 aromatic rings. The maximum absolute atomic E-state index is 6.12. The number of nitrogens with zero attached hydrogens (tertiary/aromatic N) is 1. The van der Waals surface area contributed by atoms with E-state index in [-0.39, 0.29) is 6.10 Å². The van der Waals surface area contributed by atoms with Crippen LogP contribution in [0.5, 0.6) is 5.75 Å². The maximum atomic E-state index is 6.12.